The molecule has 1 aromatic heterocycles. The largest absolute Gasteiger partial charge is 0.398 e. The maximum absolute atomic E-state index is 12.6. The van der Waals surface area contributed by atoms with Crippen LogP contribution in [-0.2, 0) is 26.2 Å². The summed E-state index contributed by atoms with van der Waals surface area (Å²) in [7, 11) is -4.13. The number of hydrogen-bond donors (Lipinski definition) is 5. The van der Waals surface area contributed by atoms with Crippen LogP contribution in [0.2, 0.25) is 0 Å². The highest BCUT2D eigenvalue weighted by Gasteiger charge is 2.19. The van der Waals surface area contributed by atoms with Gasteiger partial charge in [-0.15, -0.1) is 0 Å². The molecule has 0 saturated carbocycles. The van der Waals surface area contributed by atoms with Crippen LogP contribution in [-0.4, -0.2) is 37.7 Å². The number of guanidine groups is 1. The number of aromatic nitrogens is 1. The predicted molar refractivity (Wildman–Crippen MR) is 120 cm³/mol. The van der Waals surface area contributed by atoms with Crippen LogP contribution >= 0.6 is 0 Å². The third kappa shape index (κ3) is 6.70. The number of carbonyl (C=O) groups is 2. The van der Waals surface area contributed by atoms with Crippen LogP contribution in [0.5, 0.6) is 0 Å². The average molecular weight is 462 g/mol. The van der Waals surface area contributed by atoms with Crippen molar-refractivity contribution in [2.45, 2.75) is 17.9 Å². The van der Waals surface area contributed by atoms with E-state index in [1.54, 1.807) is 6.07 Å². The second-order valence-electron chi connectivity index (χ2n) is 6.42. The molecule has 0 radical (unpaired) electrons. The topological polar surface area (TPSA) is 205 Å². The Bertz CT molecular complexity index is 1210. The molecule has 8 N–H and O–H groups in total. The Hall–Kier alpha value is -4.13. The van der Waals surface area contributed by atoms with Gasteiger partial charge in [-0.1, -0.05) is 18.2 Å². The molecule has 2 rings (SSSR count). The summed E-state index contributed by atoms with van der Waals surface area (Å²) in [6.07, 6.45) is 3.46. The molecule has 0 aliphatic heterocycles. The molecule has 0 unspecified atom stereocenters. The van der Waals surface area contributed by atoms with Crippen LogP contribution in [0.15, 0.2) is 69.1 Å². The van der Waals surface area contributed by atoms with E-state index in [1.165, 1.54) is 42.6 Å². The summed E-state index contributed by atoms with van der Waals surface area (Å²) < 4.78 is 28.3. The molecule has 0 spiro atoms. The Labute approximate surface area is 183 Å². The molecular weight excluding hydrogens is 438 g/mol. The Morgan fingerprint density at radius 2 is 1.88 bits per heavy atom. The summed E-state index contributed by atoms with van der Waals surface area (Å²) in [5.41, 5.74) is 15.1. The fourth-order valence-corrected chi connectivity index (χ4v) is 3.75. The maximum atomic E-state index is 12.6. The fraction of sp³-hybridized carbons (Fsp3) is 0.158. The van der Waals surface area contributed by atoms with Gasteiger partial charge in [0.05, 0.1) is 11.4 Å². The minimum atomic E-state index is -4.13. The Morgan fingerprint density at radius 3 is 2.53 bits per heavy atom. The number of anilines is 2. The van der Waals surface area contributed by atoms with Crippen LogP contribution in [0.1, 0.15) is 6.42 Å². The average Bonchev–Trinajstić information content (AvgIpc) is 2.73. The predicted octanol–water partition coefficient (Wildman–Crippen LogP) is -0.906. The van der Waals surface area contributed by atoms with Gasteiger partial charge in [-0.05, 0) is 30.7 Å². The van der Waals surface area contributed by atoms with Crippen molar-refractivity contribution >= 4 is 39.6 Å². The molecule has 32 heavy (non-hydrogen) atoms. The molecule has 2 aromatic rings. The van der Waals surface area contributed by atoms with E-state index in [2.05, 4.69) is 15.0 Å². The number of aliphatic imine (C=N–C) groups is 1. The number of nitrogen functional groups attached to an aromatic ring is 1. The molecule has 12 nitrogen and oxygen atoms in total. The van der Waals surface area contributed by atoms with E-state index in [1.807, 2.05) is 0 Å². The smallest absolute Gasteiger partial charge is 0.275 e. The van der Waals surface area contributed by atoms with E-state index in [4.69, 9.17) is 17.2 Å². The first-order valence-electron chi connectivity index (χ1n) is 9.21. The number of nitrogens with two attached hydrogens (primary N) is 3. The molecule has 1 amide bonds. The normalized spacial score (nSPS) is 11.4. The molecule has 0 aliphatic carbocycles. The highest BCUT2D eigenvalue weighted by atomic mass is 32.2. The molecule has 0 saturated heterocycles. The molecular formula is C19H23N7O5S. The van der Waals surface area contributed by atoms with Gasteiger partial charge in [0.15, 0.2) is 12.2 Å². The van der Waals surface area contributed by atoms with Crippen LogP contribution in [0, 0.1) is 0 Å². The summed E-state index contributed by atoms with van der Waals surface area (Å²) >= 11 is 0. The van der Waals surface area contributed by atoms with Gasteiger partial charge in [0.25, 0.3) is 15.6 Å². The summed E-state index contributed by atoms with van der Waals surface area (Å²) in [6.45, 7) is -0.232. The van der Waals surface area contributed by atoms with Crippen LogP contribution in [0.4, 0.5) is 11.4 Å². The number of benzene rings is 1. The molecule has 0 fully saturated rings. The lowest BCUT2D eigenvalue weighted by molar-refractivity contribution is -0.121. The third-order valence-electron chi connectivity index (χ3n) is 3.99. The minimum absolute atomic E-state index is 0.0173. The van der Waals surface area contributed by atoms with E-state index >= 15 is 0 Å². The van der Waals surface area contributed by atoms with Crippen molar-refractivity contribution in [2.24, 2.45) is 16.5 Å². The molecule has 0 bridgehead atoms. The zero-order valence-corrected chi connectivity index (χ0v) is 17.7. The number of sulfonamides is 1. The number of amides is 1. The van der Waals surface area contributed by atoms with Gasteiger partial charge >= 0.3 is 0 Å². The van der Waals surface area contributed by atoms with Gasteiger partial charge in [0.2, 0.25) is 5.91 Å². The van der Waals surface area contributed by atoms with E-state index in [0.717, 1.165) is 4.57 Å². The standard InChI is InChI=1S/C19H23N7O5S/c20-14-6-1-2-8-16(14)32(30,31)25-15-7-4-10-26(18(15)29)11-17(28)24-13(12-27)5-3-9-23-19(21)22/h1-2,4-8,10,12,25H,3,9,11,20H2,(H,24,28)(H4,21,22,23)/b13-5+. The Balaban J connectivity index is 2.13. The second-order valence-corrected chi connectivity index (χ2v) is 8.07. The van der Waals surface area contributed by atoms with Gasteiger partial charge in [0.1, 0.15) is 17.1 Å². The molecule has 0 atom stereocenters. The van der Waals surface area contributed by atoms with E-state index < -0.39 is 28.0 Å². The number of allylic oxidation sites excluding steroid dienone is 1. The lowest BCUT2D eigenvalue weighted by Gasteiger charge is -2.12. The third-order valence-corrected chi connectivity index (χ3v) is 5.42. The quantitative estimate of drug-likeness (QED) is 0.0746. The van der Waals surface area contributed by atoms with Gasteiger partial charge < -0.3 is 27.1 Å². The van der Waals surface area contributed by atoms with Gasteiger partial charge in [-0.3, -0.25) is 24.1 Å². The zero-order chi connectivity index (χ0) is 23.7. The molecule has 170 valence electrons. The summed E-state index contributed by atoms with van der Waals surface area (Å²) in [4.78, 5) is 39.6. The van der Waals surface area contributed by atoms with E-state index in [9.17, 15) is 22.8 Å². The first-order chi connectivity index (χ1) is 15.1. The minimum Gasteiger partial charge on any atom is -0.398 e. The maximum Gasteiger partial charge on any atom is 0.275 e. The summed E-state index contributed by atoms with van der Waals surface area (Å²) in [5, 5.41) is 2.36. The number of hydrogen-bond acceptors (Lipinski definition) is 7. The highest BCUT2D eigenvalue weighted by Crippen LogP contribution is 2.19. The number of nitrogens with one attached hydrogen (secondary N) is 2. The number of carbonyl (C=O) groups excluding carboxylic acids is 2. The first-order valence-corrected chi connectivity index (χ1v) is 10.7. The van der Waals surface area contributed by atoms with E-state index in [0.29, 0.717) is 12.7 Å². The molecule has 1 heterocycles. The van der Waals surface area contributed by atoms with Crippen molar-refractivity contribution in [1.82, 2.24) is 9.88 Å². The monoisotopic (exact) mass is 461 g/mol. The zero-order valence-electron chi connectivity index (χ0n) is 16.9. The lowest BCUT2D eigenvalue weighted by Crippen LogP contribution is -2.33. The number of aldehydes is 1. The molecule has 0 aliphatic rings. The Morgan fingerprint density at radius 1 is 1.16 bits per heavy atom. The highest BCUT2D eigenvalue weighted by molar-refractivity contribution is 7.92. The van der Waals surface area contributed by atoms with Crippen LogP contribution < -0.4 is 32.8 Å². The van der Waals surface area contributed by atoms with Crippen molar-refractivity contribution in [3.8, 4) is 0 Å². The SMILES string of the molecule is NC(N)=NCC/C=C(\C=O)NC(=O)Cn1cccc(NS(=O)(=O)c2ccccc2N)c1=O. The number of nitrogens with zero attached hydrogens (tertiary/aromatic N) is 2. The van der Waals surface area contributed by atoms with Crippen molar-refractivity contribution in [2.75, 3.05) is 17.0 Å². The van der Waals surface area contributed by atoms with Crippen molar-refractivity contribution in [1.29, 1.82) is 0 Å². The fourth-order valence-electron chi connectivity index (χ4n) is 2.56. The van der Waals surface area contributed by atoms with Crippen molar-refractivity contribution in [3.05, 3.63) is 64.7 Å². The van der Waals surface area contributed by atoms with Crippen molar-refractivity contribution < 1.29 is 18.0 Å². The van der Waals surface area contributed by atoms with Crippen LogP contribution in [0.25, 0.3) is 0 Å². The summed E-state index contributed by atoms with van der Waals surface area (Å²) in [5.74, 6) is -0.764. The molecule has 13 heteroatoms. The van der Waals surface area contributed by atoms with E-state index in [-0.39, 0.29) is 34.5 Å². The number of rotatable bonds is 10. The Kier molecular flexibility index (Phi) is 8.12. The number of para-hydroxylation sites is 1. The lowest BCUT2D eigenvalue weighted by atomic mass is 10.3. The first kappa shape index (κ1) is 24.1. The van der Waals surface area contributed by atoms with Gasteiger partial charge in [-0.2, -0.15) is 0 Å². The second kappa shape index (κ2) is 10.8. The van der Waals surface area contributed by atoms with Gasteiger partial charge in [0, 0.05) is 12.7 Å². The van der Waals surface area contributed by atoms with Crippen molar-refractivity contribution in [3.63, 3.8) is 0 Å². The number of pyridine rings is 1. The molecule has 1 aromatic carbocycles. The van der Waals surface area contributed by atoms with Crippen LogP contribution in [0.3, 0.4) is 0 Å². The summed E-state index contributed by atoms with van der Waals surface area (Å²) in [6, 6.07) is 8.44. The van der Waals surface area contributed by atoms with Gasteiger partial charge in [-0.25, -0.2) is 8.42 Å².